The molecule has 5 heteroatoms. The Balaban J connectivity index is 1.57. The molecule has 0 fully saturated rings. The Morgan fingerprint density at radius 1 is 0.967 bits per heavy atom. The van der Waals surface area contributed by atoms with Gasteiger partial charge in [0.2, 0.25) is 5.91 Å². The lowest BCUT2D eigenvalue weighted by molar-refractivity contribution is -0.132. The Bertz CT molecular complexity index is 1120. The van der Waals surface area contributed by atoms with Crippen LogP contribution in [0.3, 0.4) is 0 Å². The fourth-order valence-electron chi connectivity index (χ4n) is 3.49. The standard InChI is InChI=1S/C25H25N3O2/c1-19(20-11-5-3-6-12-20)27(2)25(29)17-28-23-16-10-9-15-22(23)26-24(28)18-30-21-13-7-4-8-14-21/h3-16,19H,17-18H2,1-2H3. The van der Waals surface area contributed by atoms with Gasteiger partial charge in [0.05, 0.1) is 17.1 Å². The van der Waals surface area contributed by atoms with Crippen LogP contribution >= 0.6 is 0 Å². The van der Waals surface area contributed by atoms with Gasteiger partial charge in [-0.05, 0) is 36.8 Å². The molecule has 1 amide bonds. The van der Waals surface area contributed by atoms with Gasteiger partial charge in [0.25, 0.3) is 0 Å². The zero-order valence-corrected chi connectivity index (χ0v) is 17.2. The number of carbonyl (C=O) groups excluding carboxylic acids is 1. The average Bonchev–Trinajstić information content (AvgIpc) is 3.15. The first-order chi connectivity index (χ1) is 14.6. The maximum atomic E-state index is 13.1. The number of hydrogen-bond donors (Lipinski definition) is 0. The molecule has 0 aliphatic carbocycles. The van der Waals surface area contributed by atoms with Gasteiger partial charge in [0, 0.05) is 7.05 Å². The van der Waals surface area contributed by atoms with Gasteiger partial charge in [0.15, 0.2) is 0 Å². The van der Waals surface area contributed by atoms with Crippen LogP contribution in [0.5, 0.6) is 5.75 Å². The summed E-state index contributed by atoms with van der Waals surface area (Å²) in [7, 11) is 1.85. The van der Waals surface area contributed by atoms with Crippen LogP contribution in [0.4, 0.5) is 0 Å². The molecule has 0 spiro atoms. The van der Waals surface area contributed by atoms with Crippen LogP contribution in [0.1, 0.15) is 24.4 Å². The van der Waals surface area contributed by atoms with Crippen molar-refractivity contribution in [3.63, 3.8) is 0 Å². The Hall–Kier alpha value is -3.60. The molecule has 5 nitrogen and oxygen atoms in total. The number of ether oxygens (including phenoxy) is 1. The molecule has 3 aromatic carbocycles. The number of likely N-dealkylation sites (N-methyl/N-ethyl adjacent to an activating group) is 1. The van der Waals surface area contributed by atoms with Crippen LogP contribution in [0, 0.1) is 0 Å². The van der Waals surface area contributed by atoms with Crippen molar-refractivity contribution < 1.29 is 9.53 Å². The third kappa shape index (κ3) is 4.20. The summed E-state index contributed by atoms with van der Waals surface area (Å²) < 4.78 is 7.87. The van der Waals surface area contributed by atoms with Gasteiger partial charge >= 0.3 is 0 Å². The van der Waals surface area contributed by atoms with Crippen LogP contribution in [0.25, 0.3) is 11.0 Å². The predicted octanol–water partition coefficient (Wildman–Crippen LogP) is 4.83. The zero-order valence-electron chi connectivity index (χ0n) is 17.2. The number of rotatable bonds is 7. The highest BCUT2D eigenvalue weighted by molar-refractivity contribution is 5.81. The van der Waals surface area contributed by atoms with E-state index in [4.69, 9.17) is 9.72 Å². The van der Waals surface area contributed by atoms with Crippen LogP contribution < -0.4 is 4.74 Å². The van der Waals surface area contributed by atoms with Crippen LogP contribution in [-0.4, -0.2) is 27.4 Å². The highest BCUT2D eigenvalue weighted by Crippen LogP contribution is 2.21. The molecule has 0 saturated carbocycles. The molecule has 0 N–H and O–H groups in total. The third-order valence-corrected chi connectivity index (χ3v) is 5.39. The molecule has 1 aromatic heterocycles. The van der Waals surface area contributed by atoms with Crippen molar-refractivity contribution in [1.29, 1.82) is 0 Å². The van der Waals surface area contributed by atoms with E-state index in [1.54, 1.807) is 4.90 Å². The molecule has 4 rings (SSSR count). The molecule has 30 heavy (non-hydrogen) atoms. The highest BCUT2D eigenvalue weighted by Gasteiger charge is 2.20. The molecular weight excluding hydrogens is 374 g/mol. The summed E-state index contributed by atoms with van der Waals surface area (Å²) in [5.41, 5.74) is 2.89. The van der Waals surface area contributed by atoms with Crippen molar-refractivity contribution in [1.82, 2.24) is 14.5 Å². The minimum Gasteiger partial charge on any atom is -0.486 e. The van der Waals surface area contributed by atoms with Crippen LogP contribution in [0.2, 0.25) is 0 Å². The number of aromatic nitrogens is 2. The number of benzene rings is 3. The lowest BCUT2D eigenvalue weighted by Gasteiger charge is -2.26. The Kier molecular flexibility index (Phi) is 5.80. The quantitative estimate of drug-likeness (QED) is 0.447. The monoisotopic (exact) mass is 399 g/mol. The van der Waals surface area contributed by atoms with Gasteiger partial charge in [-0.2, -0.15) is 0 Å². The minimum absolute atomic E-state index is 0.0162. The molecule has 4 aromatic rings. The maximum Gasteiger partial charge on any atom is 0.242 e. The van der Waals surface area contributed by atoms with Crippen LogP contribution in [0.15, 0.2) is 84.9 Å². The van der Waals surface area contributed by atoms with Gasteiger partial charge in [-0.1, -0.05) is 60.7 Å². The smallest absolute Gasteiger partial charge is 0.242 e. The first-order valence-electron chi connectivity index (χ1n) is 10.1. The van der Waals surface area contributed by atoms with Gasteiger partial charge in [-0.3, -0.25) is 4.79 Å². The number of imidazole rings is 1. The van der Waals surface area contributed by atoms with E-state index in [2.05, 4.69) is 0 Å². The molecule has 0 aliphatic rings. The normalized spacial score (nSPS) is 11.9. The molecule has 0 bridgehead atoms. The summed E-state index contributed by atoms with van der Waals surface area (Å²) in [6, 6.07) is 27.5. The van der Waals surface area contributed by atoms with Crippen molar-refractivity contribution in [2.24, 2.45) is 0 Å². The summed E-state index contributed by atoms with van der Waals surface area (Å²) in [5, 5.41) is 0. The van der Waals surface area contributed by atoms with Crippen molar-refractivity contribution in [2.75, 3.05) is 7.05 Å². The molecule has 152 valence electrons. The lowest BCUT2D eigenvalue weighted by atomic mass is 10.1. The topological polar surface area (TPSA) is 47.4 Å². The summed E-state index contributed by atoms with van der Waals surface area (Å²) in [6.45, 7) is 2.55. The molecular formula is C25H25N3O2. The molecule has 0 radical (unpaired) electrons. The van der Waals surface area contributed by atoms with E-state index in [0.717, 1.165) is 28.2 Å². The minimum atomic E-state index is -0.0162. The molecule has 0 saturated heterocycles. The van der Waals surface area contributed by atoms with E-state index >= 15 is 0 Å². The highest BCUT2D eigenvalue weighted by atomic mass is 16.5. The summed E-state index contributed by atoms with van der Waals surface area (Å²) >= 11 is 0. The number of fused-ring (bicyclic) bond motifs is 1. The van der Waals surface area contributed by atoms with E-state index in [9.17, 15) is 4.79 Å². The lowest BCUT2D eigenvalue weighted by Crippen LogP contribution is -2.33. The largest absolute Gasteiger partial charge is 0.486 e. The van der Waals surface area contributed by atoms with Crippen molar-refractivity contribution in [3.8, 4) is 5.75 Å². The van der Waals surface area contributed by atoms with Gasteiger partial charge < -0.3 is 14.2 Å². The van der Waals surface area contributed by atoms with E-state index in [1.807, 2.05) is 103 Å². The average molecular weight is 399 g/mol. The summed E-state index contributed by atoms with van der Waals surface area (Å²) in [5.74, 6) is 1.53. The number of nitrogens with zero attached hydrogens (tertiary/aromatic N) is 3. The molecule has 1 atom stereocenters. The maximum absolute atomic E-state index is 13.1. The fraction of sp³-hybridized carbons (Fsp3) is 0.200. The van der Waals surface area contributed by atoms with E-state index in [-0.39, 0.29) is 18.5 Å². The Labute approximate surface area is 176 Å². The Morgan fingerprint density at radius 3 is 2.33 bits per heavy atom. The number of hydrogen-bond acceptors (Lipinski definition) is 3. The fourth-order valence-corrected chi connectivity index (χ4v) is 3.49. The molecule has 0 aliphatic heterocycles. The predicted molar refractivity (Wildman–Crippen MR) is 118 cm³/mol. The SMILES string of the molecule is CC(c1ccccc1)N(C)C(=O)Cn1c(COc2ccccc2)nc2ccccc21. The first kappa shape index (κ1) is 19.7. The van der Waals surface area contributed by atoms with Gasteiger partial charge in [-0.15, -0.1) is 0 Å². The van der Waals surface area contributed by atoms with E-state index in [1.165, 1.54) is 0 Å². The van der Waals surface area contributed by atoms with E-state index in [0.29, 0.717) is 6.61 Å². The number of carbonyl (C=O) groups is 1. The zero-order chi connectivity index (χ0) is 20.9. The van der Waals surface area contributed by atoms with Crippen molar-refractivity contribution in [3.05, 3.63) is 96.3 Å². The second kappa shape index (κ2) is 8.82. The van der Waals surface area contributed by atoms with Crippen molar-refractivity contribution >= 4 is 16.9 Å². The Morgan fingerprint density at radius 2 is 1.60 bits per heavy atom. The number of para-hydroxylation sites is 3. The second-order valence-electron chi connectivity index (χ2n) is 7.30. The molecule has 1 unspecified atom stereocenters. The second-order valence-corrected chi connectivity index (χ2v) is 7.30. The van der Waals surface area contributed by atoms with Crippen molar-refractivity contribution in [2.45, 2.75) is 26.1 Å². The van der Waals surface area contributed by atoms with Gasteiger partial charge in [0.1, 0.15) is 24.7 Å². The van der Waals surface area contributed by atoms with Gasteiger partial charge in [-0.25, -0.2) is 4.98 Å². The summed E-state index contributed by atoms with van der Waals surface area (Å²) in [4.78, 5) is 19.6. The third-order valence-electron chi connectivity index (χ3n) is 5.39. The molecule has 1 heterocycles. The number of amides is 1. The first-order valence-corrected chi connectivity index (χ1v) is 10.1. The summed E-state index contributed by atoms with van der Waals surface area (Å²) in [6.07, 6.45) is 0. The van der Waals surface area contributed by atoms with Crippen LogP contribution in [-0.2, 0) is 17.9 Å². The van der Waals surface area contributed by atoms with E-state index < -0.39 is 0 Å².